The molecule has 4 aliphatic carbocycles. The van der Waals surface area contributed by atoms with Crippen LogP contribution in [0, 0.1) is 53.3 Å². The summed E-state index contributed by atoms with van der Waals surface area (Å²) >= 11 is 0. The molecular formula is C75H111F9N12O12. The summed E-state index contributed by atoms with van der Waals surface area (Å²) in [6.45, 7) is 6.13. The lowest BCUT2D eigenvalue weighted by atomic mass is 9.58. The number of nitrogens with zero attached hydrogens (tertiary/aromatic N) is 9. The first-order valence-electron chi connectivity index (χ1n) is 37.9. The Morgan fingerprint density at radius 1 is 0.667 bits per heavy atom. The number of alkyl halides is 9. The molecule has 2 bridgehead atoms. The van der Waals surface area contributed by atoms with Gasteiger partial charge in [0, 0.05) is 75.3 Å². The lowest BCUT2D eigenvalue weighted by molar-refractivity contribution is -0.219. The van der Waals surface area contributed by atoms with Gasteiger partial charge in [0.1, 0.15) is 78.3 Å². The Hall–Kier alpha value is -7.69. The minimum absolute atomic E-state index is 0.0330. The number of carbonyl (C=O) groups excluding carboxylic acids is 12. The number of hydrogen-bond acceptors (Lipinski definition) is 12. The molecule has 12 amide bonds. The number of nitrogens with one attached hydrogen (secondary N) is 3. The molecule has 1 spiro atoms. The SMILES string of the molecule is C#CC[C@H]1C(=O)N[C@@H]([C@@H](C)CC)C(=O)N(C)CC(=O)N(C)[C@H]2C/C=C\CCN(C2=O)[C@@H](CC2CCC(C(F)(F)F)CC2)C(=O)N(C)CC(=O)N[C@@H](CCC2CC(F)C(C(F)(F)F)C(F)C2)C(=O)N2C[C@H](F)C[C@H]2C(=O)NC2(CC(C)(C)C2)C(=O)N(C)[C@@H](C2CCCC2)C(=O)N(C)[C@H](C(=O)N(C)CC)CC(=O)N1C. The zero-order chi connectivity index (χ0) is 80.6. The molecule has 2 unspecified atom stereocenters. The van der Waals surface area contributed by atoms with E-state index in [1.165, 1.54) is 64.0 Å². The number of amides is 12. The van der Waals surface area contributed by atoms with E-state index in [1.54, 1.807) is 46.8 Å². The maximum Gasteiger partial charge on any atom is 0.397 e. The largest absolute Gasteiger partial charge is 0.397 e. The van der Waals surface area contributed by atoms with Crippen LogP contribution < -0.4 is 16.0 Å². The van der Waals surface area contributed by atoms with Crippen LogP contribution in [0.1, 0.15) is 169 Å². The summed E-state index contributed by atoms with van der Waals surface area (Å²) in [5.41, 5.74) is -2.52. The van der Waals surface area contributed by atoms with Gasteiger partial charge in [-0.3, -0.25) is 57.5 Å². The van der Waals surface area contributed by atoms with Crippen LogP contribution in [0.25, 0.3) is 0 Å². The zero-order valence-electron chi connectivity index (χ0n) is 64.3. The van der Waals surface area contributed by atoms with E-state index in [1.807, 2.05) is 0 Å². The van der Waals surface area contributed by atoms with Crippen molar-refractivity contribution in [3.8, 4) is 12.3 Å². The van der Waals surface area contributed by atoms with Gasteiger partial charge < -0.3 is 60.0 Å². The first-order valence-corrected chi connectivity index (χ1v) is 37.9. The number of rotatable bonds is 11. The van der Waals surface area contributed by atoms with Crippen molar-refractivity contribution >= 4 is 70.9 Å². The van der Waals surface area contributed by atoms with E-state index in [-0.39, 0.29) is 77.3 Å². The highest BCUT2D eigenvalue weighted by Crippen LogP contribution is 2.50. The fraction of sp³-hybridized carbons (Fsp3) is 0.787. The lowest BCUT2D eigenvalue weighted by Crippen LogP contribution is -2.71. The van der Waals surface area contributed by atoms with Crippen molar-refractivity contribution in [3.63, 3.8) is 0 Å². The smallest absolute Gasteiger partial charge is 0.344 e. The Balaban J connectivity index is 1.33. The second-order valence-corrected chi connectivity index (χ2v) is 32.2. The van der Waals surface area contributed by atoms with Crippen LogP contribution in [0.2, 0.25) is 0 Å². The average molecular weight is 1540 g/mol. The molecule has 3 N–H and O–H groups in total. The second-order valence-electron chi connectivity index (χ2n) is 32.2. The van der Waals surface area contributed by atoms with Gasteiger partial charge in [0.2, 0.25) is 70.9 Å². The average Bonchev–Trinajstić information content (AvgIpc) is 1.11. The van der Waals surface area contributed by atoms with Gasteiger partial charge in [-0.05, 0) is 132 Å². The molecule has 0 aromatic rings. The monoisotopic (exact) mass is 1540 g/mol. The van der Waals surface area contributed by atoms with Crippen molar-refractivity contribution in [2.75, 3.05) is 82.1 Å². The topological polar surface area (TPSA) is 270 Å². The van der Waals surface area contributed by atoms with Crippen LogP contribution in [0.4, 0.5) is 39.5 Å². The molecule has 3 aliphatic heterocycles. The van der Waals surface area contributed by atoms with Crippen LogP contribution in [0.15, 0.2) is 12.2 Å². The highest BCUT2D eigenvalue weighted by Gasteiger charge is 2.60. The molecular weight excluding hydrogens is 1430 g/mol. The fourth-order valence-electron chi connectivity index (χ4n) is 17.3. The number of fused-ring (bicyclic) bond motifs is 3. The predicted molar refractivity (Wildman–Crippen MR) is 378 cm³/mol. The van der Waals surface area contributed by atoms with Gasteiger partial charge in [-0.15, -0.1) is 12.3 Å². The molecule has 7 rings (SSSR count). The van der Waals surface area contributed by atoms with Gasteiger partial charge in [0.05, 0.1) is 32.0 Å². The molecule has 0 aromatic carbocycles. The lowest BCUT2D eigenvalue weighted by Gasteiger charge is -2.54. The second kappa shape index (κ2) is 36.4. The first kappa shape index (κ1) is 87.5. The van der Waals surface area contributed by atoms with Crippen LogP contribution in [-0.2, 0) is 57.5 Å². The van der Waals surface area contributed by atoms with E-state index >= 15 is 41.9 Å². The Bertz CT molecular complexity index is 3340. The van der Waals surface area contributed by atoms with Crippen LogP contribution >= 0.6 is 0 Å². The van der Waals surface area contributed by atoms with Crippen molar-refractivity contribution in [1.82, 2.24) is 60.0 Å². The van der Waals surface area contributed by atoms with Crippen LogP contribution in [0.3, 0.4) is 0 Å². The molecule has 33 heteroatoms. The molecule has 108 heavy (non-hydrogen) atoms. The van der Waals surface area contributed by atoms with Gasteiger partial charge in [-0.25, -0.2) is 13.2 Å². The third kappa shape index (κ3) is 20.7. The van der Waals surface area contributed by atoms with Crippen molar-refractivity contribution in [3.05, 3.63) is 12.2 Å². The quantitative estimate of drug-likeness (QED) is 0.117. The maximum atomic E-state index is 16.2. The maximum absolute atomic E-state index is 16.2. The van der Waals surface area contributed by atoms with Crippen molar-refractivity contribution in [2.24, 2.45) is 40.9 Å². The molecule has 24 nitrogen and oxygen atoms in total. The van der Waals surface area contributed by atoms with Gasteiger partial charge in [0.15, 0.2) is 0 Å². The Morgan fingerprint density at radius 3 is 1.84 bits per heavy atom. The molecule has 606 valence electrons. The van der Waals surface area contributed by atoms with E-state index in [0.717, 1.165) is 29.4 Å². The number of carbonyl (C=O) groups is 12. The number of hydrogen-bond donors (Lipinski definition) is 3. The number of halogens is 9. The van der Waals surface area contributed by atoms with Gasteiger partial charge in [-0.2, -0.15) is 26.3 Å². The standard InChI is InChI=1S/C75H111F9N12O12/c1-14-22-52-63(100)86-61(43(4)15-2)69(106)90(9)40-59(99)92(11)53-25-18-17-21-32-95(68(53)105)56(35-44-26-29-47(30-27-44)74(79,80)81)67(104)89(8)39-57(97)85-51(31-28-45-33-49(77)60(50(78)34-45)75(82,83)84)65(102)96-38-48(76)36-54(96)64(101)87-73(41-72(5,6)42-73)71(108)94(13)62(46-23-19-20-24-46)70(107)93(12)55(37-58(98)91(52)10)66(103)88(7)16-3/h1,17-18,43-56,60-62H,15-16,19-42H2,2-13H3,(H,85,97)(H,86,100)(H,87,101)/b18-17-/t43-,44?,45?,47?,48+,49?,50?,51-,52-,53-,54-,55-,56-,60?,61-,62-/m0/s1. The fourth-order valence-corrected chi connectivity index (χ4v) is 17.3. The Morgan fingerprint density at radius 2 is 1.28 bits per heavy atom. The van der Waals surface area contributed by atoms with Gasteiger partial charge in [0.25, 0.3) is 0 Å². The molecule has 3 heterocycles. The Kier molecular flexibility index (Phi) is 29.5. The minimum atomic E-state index is -5.25. The van der Waals surface area contributed by atoms with E-state index in [9.17, 15) is 55.1 Å². The van der Waals surface area contributed by atoms with Crippen molar-refractivity contribution in [2.45, 2.75) is 254 Å². The summed E-state index contributed by atoms with van der Waals surface area (Å²) < 4.78 is 131. The van der Waals surface area contributed by atoms with Gasteiger partial charge >= 0.3 is 12.4 Å². The highest BCUT2D eigenvalue weighted by molar-refractivity contribution is 6.01. The Labute approximate surface area is 627 Å². The molecule has 7 aliphatic rings. The third-order valence-electron chi connectivity index (χ3n) is 23.9. The summed E-state index contributed by atoms with van der Waals surface area (Å²) in [4.78, 5) is 190. The number of likely N-dealkylation sites (N-methyl/N-ethyl adjacent to an activating group) is 7. The van der Waals surface area contributed by atoms with E-state index in [0.29, 0.717) is 25.7 Å². The molecule has 6 fully saturated rings. The number of terminal acetylenes is 1. The molecule has 0 aromatic heterocycles. The van der Waals surface area contributed by atoms with Crippen molar-refractivity contribution in [1.29, 1.82) is 0 Å². The summed E-state index contributed by atoms with van der Waals surface area (Å²) in [5, 5.41) is 8.07. The summed E-state index contributed by atoms with van der Waals surface area (Å²) in [6, 6.07) is -12.3. The summed E-state index contributed by atoms with van der Waals surface area (Å²) in [5.74, 6) is -15.8. The molecule has 2 saturated heterocycles. The molecule has 12 atom stereocenters. The molecule has 4 saturated carbocycles. The van der Waals surface area contributed by atoms with E-state index in [2.05, 4.69) is 21.9 Å². The summed E-state index contributed by atoms with van der Waals surface area (Å²) in [7, 11) is 9.10. The normalized spacial score (nSPS) is 32.3. The van der Waals surface area contributed by atoms with E-state index in [4.69, 9.17) is 6.42 Å². The minimum Gasteiger partial charge on any atom is -0.344 e. The van der Waals surface area contributed by atoms with Crippen molar-refractivity contribution < 1.29 is 97.0 Å². The van der Waals surface area contributed by atoms with E-state index < -0.39 is 261 Å². The van der Waals surface area contributed by atoms with Crippen LogP contribution in [0.5, 0.6) is 0 Å². The van der Waals surface area contributed by atoms with Crippen LogP contribution in [-0.4, -0.2) is 282 Å². The van der Waals surface area contributed by atoms with Gasteiger partial charge in [-0.1, -0.05) is 59.1 Å². The molecule has 0 radical (unpaired) electrons. The predicted octanol–water partition coefficient (Wildman–Crippen LogP) is 6.29. The zero-order valence-corrected chi connectivity index (χ0v) is 64.3. The summed E-state index contributed by atoms with van der Waals surface area (Å²) in [6.07, 6.45) is -11.1. The third-order valence-corrected chi connectivity index (χ3v) is 23.9. The first-order chi connectivity index (χ1) is 50.4. The highest BCUT2D eigenvalue weighted by atomic mass is 19.4.